The summed E-state index contributed by atoms with van der Waals surface area (Å²) in [4.78, 5) is 8.13. The molecule has 0 bridgehead atoms. The Morgan fingerprint density at radius 2 is 2.14 bits per heavy atom. The number of benzene rings is 1. The summed E-state index contributed by atoms with van der Waals surface area (Å²) in [5, 5.41) is 3.58. The van der Waals surface area contributed by atoms with Crippen LogP contribution in [-0.2, 0) is 0 Å². The number of rotatable bonds is 6. The van der Waals surface area contributed by atoms with E-state index in [1.165, 1.54) is 6.33 Å². The predicted octanol–water partition coefficient (Wildman–Crippen LogP) is 3.25. The molecule has 1 aromatic heterocycles. The van der Waals surface area contributed by atoms with Gasteiger partial charge in [-0.15, -0.1) is 0 Å². The molecule has 0 radical (unpaired) electrons. The number of methoxy groups -OCH3 is 1. The molecule has 0 amide bonds. The van der Waals surface area contributed by atoms with E-state index in [1.807, 2.05) is 13.0 Å². The molecule has 0 aliphatic heterocycles. The van der Waals surface area contributed by atoms with E-state index in [9.17, 15) is 0 Å². The Labute approximate surface area is 128 Å². The molecule has 1 aromatic carbocycles. The van der Waals surface area contributed by atoms with Crippen LogP contribution in [0.2, 0.25) is 5.02 Å². The van der Waals surface area contributed by atoms with Crippen molar-refractivity contribution in [3.63, 3.8) is 0 Å². The molecule has 112 valence electrons. The lowest BCUT2D eigenvalue weighted by molar-refractivity contribution is 0.307. The summed E-state index contributed by atoms with van der Waals surface area (Å²) in [5.41, 5.74) is 7.10. The lowest BCUT2D eigenvalue weighted by Gasteiger charge is -2.12. The van der Waals surface area contributed by atoms with Crippen molar-refractivity contribution in [3.05, 3.63) is 29.5 Å². The van der Waals surface area contributed by atoms with Gasteiger partial charge in [0.2, 0.25) is 5.88 Å². The minimum absolute atomic E-state index is 0.359. The van der Waals surface area contributed by atoms with E-state index in [4.69, 9.17) is 26.8 Å². The number of nitrogens with zero attached hydrogens (tertiary/aromatic N) is 2. The predicted molar refractivity (Wildman–Crippen MR) is 83.5 cm³/mol. The number of halogens is 1. The number of anilines is 3. The highest BCUT2D eigenvalue weighted by Gasteiger charge is 2.10. The second-order valence-corrected chi connectivity index (χ2v) is 4.67. The van der Waals surface area contributed by atoms with Crippen molar-refractivity contribution in [2.24, 2.45) is 0 Å². The van der Waals surface area contributed by atoms with Crippen LogP contribution < -0.4 is 20.5 Å². The molecule has 7 heteroatoms. The van der Waals surface area contributed by atoms with E-state index in [-0.39, 0.29) is 0 Å². The third kappa shape index (κ3) is 3.66. The van der Waals surface area contributed by atoms with Crippen LogP contribution in [0.5, 0.6) is 11.6 Å². The van der Waals surface area contributed by atoms with Crippen molar-refractivity contribution in [3.8, 4) is 11.6 Å². The zero-order valence-corrected chi connectivity index (χ0v) is 12.6. The van der Waals surface area contributed by atoms with Crippen molar-refractivity contribution in [1.29, 1.82) is 0 Å². The second-order valence-electron chi connectivity index (χ2n) is 4.26. The zero-order chi connectivity index (χ0) is 15.2. The molecular weight excluding hydrogens is 292 g/mol. The molecule has 0 aliphatic rings. The number of nitrogens with one attached hydrogen (secondary N) is 1. The van der Waals surface area contributed by atoms with Crippen molar-refractivity contribution >= 4 is 28.8 Å². The number of nitrogen functional groups attached to an aromatic ring is 1. The minimum Gasteiger partial charge on any atom is -0.495 e. The molecule has 3 N–H and O–H groups in total. The average molecular weight is 309 g/mol. The van der Waals surface area contributed by atoms with Crippen molar-refractivity contribution in [2.75, 3.05) is 24.8 Å². The van der Waals surface area contributed by atoms with Crippen LogP contribution >= 0.6 is 11.6 Å². The molecule has 0 unspecified atom stereocenters. The Hall–Kier alpha value is -2.21. The smallest absolute Gasteiger partial charge is 0.242 e. The van der Waals surface area contributed by atoms with Gasteiger partial charge in [-0.1, -0.05) is 18.5 Å². The Balaban J connectivity index is 2.21. The van der Waals surface area contributed by atoms with Crippen molar-refractivity contribution in [1.82, 2.24) is 9.97 Å². The van der Waals surface area contributed by atoms with E-state index in [1.54, 1.807) is 19.2 Å². The van der Waals surface area contributed by atoms with Crippen molar-refractivity contribution in [2.45, 2.75) is 13.3 Å². The Morgan fingerprint density at radius 3 is 2.81 bits per heavy atom. The first kappa shape index (κ1) is 15.2. The highest BCUT2D eigenvalue weighted by Crippen LogP contribution is 2.31. The van der Waals surface area contributed by atoms with Gasteiger partial charge in [-0.05, 0) is 24.6 Å². The fourth-order valence-corrected chi connectivity index (χ4v) is 1.93. The zero-order valence-electron chi connectivity index (χ0n) is 11.9. The summed E-state index contributed by atoms with van der Waals surface area (Å²) in [7, 11) is 1.56. The van der Waals surface area contributed by atoms with Gasteiger partial charge in [0.05, 0.1) is 18.7 Å². The van der Waals surface area contributed by atoms with E-state index in [0.717, 1.165) is 12.1 Å². The molecule has 2 rings (SSSR count). The fourth-order valence-electron chi connectivity index (χ4n) is 1.67. The largest absolute Gasteiger partial charge is 0.495 e. The van der Waals surface area contributed by atoms with Gasteiger partial charge in [-0.25, -0.2) is 4.98 Å². The van der Waals surface area contributed by atoms with Gasteiger partial charge in [0, 0.05) is 5.69 Å². The van der Waals surface area contributed by atoms with Gasteiger partial charge in [-0.2, -0.15) is 4.98 Å². The van der Waals surface area contributed by atoms with Crippen LogP contribution in [0.3, 0.4) is 0 Å². The first-order chi connectivity index (χ1) is 10.2. The molecule has 21 heavy (non-hydrogen) atoms. The molecule has 0 aliphatic carbocycles. The summed E-state index contributed by atoms with van der Waals surface area (Å²) in [6.07, 6.45) is 2.27. The summed E-state index contributed by atoms with van der Waals surface area (Å²) >= 11 is 6.08. The van der Waals surface area contributed by atoms with Crippen LogP contribution in [0.4, 0.5) is 17.2 Å². The highest BCUT2D eigenvalue weighted by atomic mass is 35.5. The summed E-state index contributed by atoms with van der Waals surface area (Å²) in [6, 6.07) is 5.31. The van der Waals surface area contributed by atoms with Crippen LogP contribution in [0.1, 0.15) is 13.3 Å². The number of aromatic nitrogens is 2. The Kier molecular flexibility index (Phi) is 5.05. The Morgan fingerprint density at radius 1 is 1.33 bits per heavy atom. The molecule has 2 aromatic rings. The molecular formula is C14H17ClN4O2. The molecule has 0 atom stereocenters. The van der Waals surface area contributed by atoms with Gasteiger partial charge in [0.25, 0.3) is 0 Å². The average Bonchev–Trinajstić information content (AvgIpc) is 2.48. The van der Waals surface area contributed by atoms with E-state index in [2.05, 4.69) is 15.3 Å². The molecule has 6 nitrogen and oxygen atoms in total. The van der Waals surface area contributed by atoms with Crippen LogP contribution in [0.15, 0.2) is 24.5 Å². The Bertz CT molecular complexity index is 622. The highest BCUT2D eigenvalue weighted by molar-refractivity contribution is 6.32. The monoisotopic (exact) mass is 308 g/mol. The first-order valence-electron chi connectivity index (χ1n) is 6.49. The SMILES string of the molecule is CCCOc1ncnc(Nc2ccc(OC)c(Cl)c2)c1N. The van der Waals surface area contributed by atoms with E-state index < -0.39 is 0 Å². The maximum Gasteiger partial charge on any atom is 0.242 e. The minimum atomic E-state index is 0.359. The summed E-state index contributed by atoms with van der Waals surface area (Å²) in [5.74, 6) is 1.44. The van der Waals surface area contributed by atoms with E-state index in [0.29, 0.717) is 34.8 Å². The molecule has 0 fully saturated rings. The van der Waals surface area contributed by atoms with Gasteiger partial charge < -0.3 is 20.5 Å². The number of nitrogens with two attached hydrogens (primary N) is 1. The lowest BCUT2D eigenvalue weighted by atomic mass is 10.3. The molecule has 0 saturated heterocycles. The fraction of sp³-hybridized carbons (Fsp3) is 0.286. The first-order valence-corrected chi connectivity index (χ1v) is 6.87. The second kappa shape index (κ2) is 6.99. The van der Waals surface area contributed by atoms with Gasteiger partial charge >= 0.3 is 0 Å². The standard InChI is InChI=1S/C14H17ClN4O2/c1-3-6-21-14-12(16)13(17-8-18-14)19-9-4-5-11(20-2)10(15)7-9/h4-5,7-8H,3,6,16H2,1-2H3,(H,17,18,19). The number of ether oxygens (including phenoxy) is 2. The topological polar surface area (TPSA) is 82.3 Å². The van der Waals surface area contributed by atoms with Gasteiger partial charge in [0.1, 0.15) is 17.8 Å². The molecule has 0 saturated carbocycles. The van der Waals surface area contributed by atoms with Gasteiger partial charge in [0.15, 0.2) is 5.82 Å². The van der Waals surface area contributed by atoms with Gasteiger partial charge in [-0.3, -0.25) is 0 Å². The normalized spacial score (nSPS) is 10.2. The number of hydrogen-bond acceptors (Lipinski definition) is 6. The van der Waals surface area contributed by atoms with E-state index >= 15 is 0 Å². The molecule has 1 heterocycles. The third-order valence-corrected chi connectivity index (χ3v) is 3.00. The van der Waals surface area contributed by atoms with Crippen LogP contribution in [0.25, 0.3) is 0 Å². The summed E-state index contributed by atoms with van der Waals surface area (Å²) < 4.78 is 10.6. The maximum atomic E-state index is 6.08. The quantitative estimate of drug-likeness (QED) is 0.852. The third-order valence-electron chi connectivity index (χ3n) is 2.70. The van der Waals surface area contributed by atoms with Crippen LogP contribution in [0, 0.1) is 0 Å². The van der Waals surface area contributed by atoms with Crippen molar-refractivity contribution < 1.29 is 9.47 Å². The molecule has 0 spiro atoms. The van der Waals surface area contributed by atoms with Crippen LogP contribution in [-0.4, -0.2) is 23.7 Å². The lowest BCUT2D eigenvalue weighted by Crippen LogP contribution is -2.05. The maximum absolute atomic E-state index is 6.08. The number of hydrogen-bond donors (Lipinski definition) is 2. The summed E-state index contributed by atoms with van der Waals surface area (Å²) in [6.45, 7) is 2.56.